The summed E-state index contributed by atoms with van der Waals surface area (Å²) in [6, 6.07) is 12.4. The van der Waals surface area contributed by atoms with Crippen molar-refractivity contribution in [1.29, 1.82) is 0 Å². The van der Waals surface area contributed by atoms with Gasteiger partial charge >= 0.3 is 0 Å². The maximum Gasteiger partial charge on any atom is 0.275 e. The van der Waals surface area contributed by atoms with Crippen LogP contribution in [0, 0.1) is 5.82 Å². The maximum atomic E-state index is 13.9. The summed E-state index contributed by atoms with van der Waals surface area (Å²) in [4.78, 5) is 25.3. The van der Waals surface area contributed by atoms with Crippen molar-refractivity contribution >= 4 is 17.5 Å². The Morgan fingerprint density at radius 2 is 1.86 bits per heavy atom. The fraction of sp³-hybridized carbons (Fsp3) is 0.364. The second kappa shape index (κ2) is 11.2. The number of benzene rings is 2. The summed E-state index contributed by atoms with van der Waals surface area (Å²) in [6.07, 6.45) is 0.809. The van der Waals surface area contributed by atoms with Gasteiger partial charge in [0.05, 0.1) is 20.2 Å². The van der Waals surface area contributed by atoms with Crippen LogP contribution in [0.2, 0.25) is 0 Å². The zero-order valence-electron chi connectivity index (χ0n) is 17.2. The van der Waals surface area contributed by atoms with E-state index in [1.54, 1.807) is 12.1 Å². The normalized spacial score (nSPS) is 11.6. The first kappa shape index (κ1) is 22.4. The molecule has 29 heavy (non-hydrogen) atoms. The van der Waals surface area contributed by atoms with Crippen molar-refractivity contribution < 1.29 is 23.6 Å². The Morgan fingerprint density at radius 1 is 1.10 bits per heavy atom. The molecule has 1 unspecified atom stereocenters. The summed E-state index contributed by atoms with van der Waals surface area (Å²) in [7, 11) is 1.42. The summed E-state index contributed by atoms with van der Waals surface area (Å²) >= 11 is 0. The van der Waals surface area contributed by atoms with Gasteiger partial charge in [0, 0.05) is 11.3 Å². The van der Waals surface area contributed by atoms with Crippen molar-refractivity contribution in [3.63, 3.8) is 0 Å². The molecule has 0 heterocycles. The zero-order valence-corrected chi connectivity index (χ0v) is 17.2. The smallest absolute Gasteiger partial charge is 0.275 e. The van der Waals surface area contributed by atoms with Gasteiger partial charge < -0.3 is 20.3 Å². The average molecular weight is 402 g/mol. The van der Waals surface area contributed by atoms with Crippen molar-refractivity contribution in [2.75, 3.05) is 32.1 Å². The van der Waals surface area contributed by atoms with E-state index in [-0.39, 0.29) is 30.7 Å². The van der Waals surface area contributed by atoms with Crippen LogP contribution in [0.5, 0.6) is 5.75 Å². The van der Waals surface area contributed by atoms with E-state index in [1.165, 1.54) is 13.2 Å². The minimum Gasteiger partial charge on any atom is -0.494 e. The molecule has 0 bridgehead atoms. The molecular formula is C22H29FN3O3+. The number of para-hydroxylation sites is 1. The number of carbonyl (C=O) groups excluding carboxylic acids is 2. The lowest BCUT2D eigenvalue weighted by Gasteiger charge is -2.18. The molecule has 2 rings (SSSR count). The molecule has 156 valence electrons. The third-order valence-corrected chi connectivity index (χ3v) is 4.70. The van der Waals surface area contributed by atoms with Gasteiger partial charge in [-0.05, 0) is 43.2 Å². The van der Waals surface area contributed by atoms with Crippen LogP contribution in [0.1, 0.15) is 25.0 Å². The summed E-state index contributed by atoms with van der Waals surface area (Å²) in [5.74, 6) is -0.724. The number of amides is 2. The summed E-state index contributed by atoms with van der Waals surface area (Å²) in [6.45, 7) is 5.27. The van der Waals surface area contributed by atoms with Crippen LogP contribution in [-0.4, -0.2) is 38.6 Å². The maximum absolute atomic E-state index is 13.9. The van der Waals surface area contributed by atoms with Crippen LogP contribution in [-0.2, 0) is 22.6 Å². The number of halogens is 1. The van der Waals surface area contributed by atoms with Crippen molar-refractivity contribution in [2.45, 2.75) is 26.8 Å². The van der Waals surface area contributed by atoms with Crippen molar-refractivity contribution in [3.8, 4) is 5.75 Å². The highest BCUT2D eigenvalue weighted by atomic mass is 19.1. The van der Waals surface area contributed by atoms with Gasteiger partial charge in [-0.25, -0.2) is 4.39 Å². The molecule has 1 atom stereocenters. The number of hydrogen-bond donors (Lipinski definition) is 3. The van der Waals surface area contributed by atoms with Gasteiger partial charge in [0.25, 0.3) is 5.91 Å². The van der Waals surface area contributed by atoms with E-state index in [9.17, 15) is 14.0 Å². The topological polar surface area (TPSA) is 71.9 Å². The Bertz CT molecular complexity index is 842. The lowest BCUT2D eigenvalue weighted by Crippen LogP contribution is -3.11. The van der Waals surface area contributed by atoms with Gasteiger partial charge in [-0.15, -0.1) is 0 Å². The van der Waals surface area contributed by atoms with E-state index in [1.807, 2.05) is 38.1 Å². The minimum atomic E-state index is -0.422. The molecule has 0 aliphatic rings. The highest BCUT2D eigenvalue weighted by Crippen LogP contribution is 2.17. The van der Waals surface area contributed by atoms with Crippen LogP contribution in [0.4, 0.5) is 10.1 Å². The molecule has 0 saturated heterocycles. The molecule has 7 heteroatoms. The van der Waals surface area contributed by atoms with Gasteiger partial charge in [0.15, 0.2) is 18.1 Å². The van der Waals surface area contributed by atoms with E-state index in [0.717, 1.165) is 28.1 Å². The summed E-state index contributed by atoms with van der Waals surface area (Å²) in [5.41, 5.74) is 2.58. The Morgan fingerprint density at radius 3 is 2.52 bits per heavy atom. The third-order valence-electron chi connectivity index (χ3n) is 4.70. The quantitative estimate of drug-likeness (QED) is 0.565. The molecule has 0 saturated carbocycles. The van der Waals surface area contributed by atoms with E-state index in [4.69, 9.17) is 4.74 Å². The second-order valence-corrected chi connectivity index (χ2v) is 6.76. The fourth-order valence-electron chi connectivity index (χ4n) is 3.03. The van der Waals surface area contributed by atoms with Crippen LogP contribution >= 0.6 is 0 Å². The molecule has 3 N–H and O–H groups in total. The molecule has 0 fully saturated rings. The molecule has 0 aliphatic carbocycles. The number of nitrogens with one attached hydrogen (secondary N) is 3. The predicted molar refractivity (Wildman–Crippen MR) is 110 cm³/mol. The van der Waals surface area contributed by atoms with Crippen molar-refractivity contribution in [1.82, 2.24) is 5.32 Å². The van der Waals surface area contributed by atoms with Gasteiger partial charge in [-0.1, -0.05) is 25.1 Å². The van der Waals surface area contributed by atoms with Crippen LogP contribution < -0.4 is 20.3 Å². The standard InChI is InChI=1S/C22H28FN3O3/c1-4-17-8-6-7-9-19(17)25-21(27)13-24-22(28)15-26(5-2)14-16-10-11-20(29-3)18(23)12-16/h6-12H,4-5,13-15H2,1-3H3,(H,24,28)(H,25,27)/p+1. The van der Waals surface area contributed by atoms with Crippen LogP contribution in [0.3, 0.4) is 0 Å². The first-order chi connectivity index (χ1) is 14.0. The molecule has 0 radical (unpaired) electrons. The molecule has 0 aromatic heterocycles. The van der Waals surface area contributed by atoms with Crippen molar-refractivity contribution in [3.05, 3.63) is 59.4 Å². The lowest BCUT2D eigenvalue weighted by molar-refractivity contribution is -0.904. The SMILES string of the molecule is CCc1ccccc1NC(=O)CNC(=O)C[NH+](CC)Cc1ccc(OC)c(F)c1. The molecule has 0 aliphatic heterocycles. The van der Waals surface area contributed by atoms with Gasteiger partial charge in [-0.3, -0.25) is 9.59 Å². The predicted octanol–water partition coefficient (Wildman–Crippen LogP) is 1.56. The summed E-state index contributed by atoms with van der Waals surface area (Å²) < 4.78 is 18.8. The number of methoxy groups -OCH3 is 1. The van der Waals surface area contributed by atoms with Crippen molar-refractivity contribution in [2.24, 2.45) is 0 Å². The Balaban J connectivity index is 1.83. The van der Waals surface area contributed by atoms with Gasteiger partial charge in [0.2, 0.25) is 5.91 Å². The number of hydrogen-bond acceptors (Lipinski definition) is 3. The molecule has 2 amide bonds. The number of quaternary nitrogens is 1. The number of rotatable bonds is 10. The molecule has 2 aromatic carbocycles. The largest absolute Gasteiger partial charge is 0.494 e. The Labute approximate surface area is 171 Å². The first-order valence-electron chi connectivity index (χ1n) is 9.77. The van der Waals surface area contributed by atoms with Crippen LogP contribution in [0.25, 0.3) is 0 Å². The lowest BCUT2D eigenvalue weighted by atomic mass is 10.1. The van der Waals surface area contributed by atoms with E-state index >= 15 is 0 Å². The van der Waals surface area contributed by atoms with Gasteiger partial charge in [0.1, 0.15) is 6.54 Å². The van der Waals surface area contributed by atoms with Gasteiger partial charge in [-0.2, -0.15) is 0 Å². The zero-order chi connectivity index (χ0) is 21.2. The van der Waals surface area contributed by atoms with Crippen LogP contribution in [0.15, 0.2) is 42.5 Å². The molecule has 2 aromatic rings. The fourth-order valence-corrected chi connectivity index (χ4v) is 3.03. The van der Waals surface area contributed by atoms with E-state index < -0.39 is 5.82 Å². The number of anilines is 1. The number of ether oxygens (including phenoxy) is 1. The minimum absolute atomic E-state index is 0.0922. The number of aryl methyl sites for hydroxylation is 1. The molecular weight excluding hydrogens is 373 g/mol. The van der Waals surface area contributed by atoms with E-state index in [2.05, 4.69) is 10.6 Å². The summed E-state index contributed by atoms with van der Waals surface area (Å²) in [5, 5.41) is 5.48. The molecule has 6 nitrogen and oxygen atoms in total. The highest BCUT2D eigenvalue weighted by Gasteiger charge is 2.15. The second-order valence-electron chi connectivity index (χ2n) is 6.76. The number of carbonyl (C=O) groups is 2. The monoisotopic (exact) mass is 402 g/mol. The third kappa shape index (κ3) is 6.87. The Hall–Kier alpha value is -2.93. The Kier molecular flexibility index (Phi) is 8.61. The number of likely N-dealkylation sites (N-methyl/N-ethyl adjacent to an activating group) is 1. The average Bonchev–Trinajstić information content (AvgIpc) is 2.72. The van der Waals surface area contributed by atoms with E-state index in [0.29, 0.717) is 13.1 Å². The first-order valence-corrected chi connectivity index (χ1v) is 9.77. The highest BCUT2D eigenvalue weighted by molar-refractivity contribution is 5.95. The molecule has 0 spiro atoms.